The van der Waals surface area contributed by atoms with Gasteiger partial charge in [-0.25, -0.2) is 8.42 Å². The van der Waals surface area contributed by atoms with E-state index in [0.29, 0.717) is 18.4 Å². The molecule has 1 aromatic heterocycles. The molecular formula is C12H21N3O3S. The summed E-state index contributed by atoms with van der Waals surface area (Å²) in [7, 11) is -3.18. The van der Waals surface area contributed by atoms with Crippen LogP contribution in [0.4, 0.5) is 0 Å². The van der Waals surface area contributed by atoms with Gasteiger partial charge in [-0.05, 0) is 32.7 Å². The summed E-state index contributed by atoms with van der Waals surface area (Å²) in [6, 6.07) is 0.511. The van der Waals surface area contributed by atoms with Gasteiger partial charge in [0.15, 0.2) is 15.7 Å². The monoisotopic (exact) mass is 287 g/mol. The van der Waals surface area contributed by atoms with Crippen LogP contribution in [0.25, 0.3) is 0 Å². The van der Waals surface area contributed by atoms with Crippen molar-refractivity contribution < 1.29 is 12.9 Å². The second-order valence-corrected chi connectivity index (χ2v) is 7.57. The Hall–Kier alpha value is -0.950. The van der Waals surface area contributed by atoms with E-state index in [1.807, 2.05) is 0 Å². The third kappa shape index (κ3) is 4.01. The molecule has 0 radical (unpaired) electrons. The highest BCUT2D eigenvalue weighted by atomic mass is 32.2. The number of nitrogens with zero attached hydrogens (tertiary/aromatic N) is 2. The van der Waals surface area contributed by atoms with Gasteiger partial charge < -0.3 is 9.84 Å². The van der Waals surface area contributed by atoms with Gasteiger partial charge in [0.05, 0.1) is 0 Å². The zero-order valence-electron chi connectivity index (χ0n) is 11.4. The predicted molar refractivity (Wildman–Crippen MR) is 71.5 cm³/mol. The molecule has 0 saturated carbocycles. The first-order chi connectivity index (χ1) is 8.97. The van der Waals surface area contributed by atoms with Crippen molar-refractivity contribution in [1.82, 2.24) is 15.5 Å². The SMILES string of the molecule is CC(c1noc(CCC2CCCCN2)n1)S(C)(=O)=O. The molecular weight excluding hydrogens is 266 g/mol. The number of piperidine rings is 1. The highest BCUT2D eigenvalue weighted by molar-refractivity contribution is 7.90. The summed E-state index contributed by atoms with van der Waals surface area (Å²) in [5.41, 5.74) is 0. The minimum absolute atomic E-state index is 0.258. The Bertz CT molecular complexity index is 506. The van der Waals surface area contributed by atoms with Crippen molar-refractivity contribution in [3.63, 3.8) is 0 Å². The highest BCUT2D eigenvalue weighted by Gasteiger charge is 2.23. The Morgan fingerprint density at radius 3 is 2.89 bits per heavy atom. The van der Waals surface area contributed by atoms with Crippen molar-refractivity contribution in [2.45, 2.75) is 50.3 Å². The third-order valence-corrected chi connectivity index (χ3v) is 5.10. The second-order valence-electron chi connectivity index (χ2n) is 5.20. The van der Waals surface area contributed by atoms with Crippen molar-refractivity contribution >= 4 is 9.84 Å². The molecule has 0 amide bonds. The predicted octanol–water partition coefficient (Wildman–Crippen LogP) is 1.25. The van der Waals surface area contributed by atoms with E-state index in [-0.39, 0.29) is 5.82 Å². The Morgan fingerprint density at radius 1 is 1.47 bits per heavy atom. The molecule has 2 atom stereocenters. The lowest BCUT2D eigenvalue weighted by molar-refractivity contribution is 0.340. The molecule has 19 heavy (non-hydrogen) atoms. The second kappa shape index (κ2) is 6.00. The Balaban J connectivity index is 1.90. The van der Waals surface area contributed by atoms with E-state index in [1.165, 1.54) is 25.5 Å². The first kappa shape index (κ1) is 14.5. The average Bonchev–Trinajstić information content (AvgIpc) is 2.84. The first-order valence-corrected chi connectivity index (χ1v) is 8.67. The van der Waals surface area contributed by atoms with Crippen molar-refractivity contribution in [3.05, 3.63) is 11.7 Å². The summed E-state index contributed by atoms with van der Waals surface area (Å²) < 4.78 is 27.9. The van der Waals surface area contributed by atoms with Crippen LogP contribution >= 0.6 is 0 Å². The van der Waals surface area contributed by atoms with Gasteiger partial charge in [0.2, 0.25) is 5.89 Å². The Labute approximate surface area is 113 Å². The molecule has 0 spiro atoms. The molecule has 108 valence electrons. The number of hydrogen-bond acceptors (Lipinski definition) is 6. The van der Waals surface area contributed by atoms with Crippen molar-refractivity contribution in [2.24, 2.45) is 0 Å². The van der Waals surface area contributed by atoms with Crippen molar-refractivity contribution in [2.75, 3.05) is 12.8 Å². The molecule has 1 fully saturated rings. The van der Waals surface area contributed by atoms with Crippen LogP contribution in [0.5, 0.6) is 0 Å². The minimum Gasteiger partial charge on any atom is -0.339 e. The van der Waals surface area contributed by atoms with Crippen LogP contribution < -0.4 is 5.32 Å². The molecule has 6 nitrogen and oxygen atoms in total. The molecule has 0 aliphatic carbocycles. The summed E-state index contributed by atoms with van der Waals surface area (Å²) in [4.78, 5) is 4.18. The van der Waals surface area contributed by atoms with Crippen LogP contribution in [0, 0.1) is 0 Å². The summed E-state index contributed by atoms with van der Waals surface area (Å²) in [6.07, 6.45) is 6.52. The number of rotatable bonds is 5. The van der Waals surface area contributed by atoms with Gasteiger partial charge in [-0.3, -0.25) is 0 Å². The lowest BCUT2D eigenvalue weighted by Crippen LogP contribution is -2.34. The van der Waals surface area contributed by atoms with Crippen LogP contribution in [0.15, 0.2) is 4.52 Å². The maximum atomic E-state index is 11.4. The van der Waals surface area contributed by atoms with Gasteiger partial charge in [-0.2, -0.15) is 4.98 Å². The molecule has 1 saturated heterocycles. The topological polar surface area (TPSA) is 85.1 Å². The van der Waals surface area contributed by atoms with Gasteiger partial charge >= 0.3 is 0 Å². The van der Waals surface area contributed by atoms with Crippen LogP contribution in [-0.2, 0) is 16.3 Å². The molecule has 7 heteroatoms. The van der Waals surface area contributed by atoms with Gasteiger partial charge in [-0.1, -0.05) is 11.6 Å². The van der Waals surface area contributed by atoms with Gasteiger partial charge in [0.1, 0.15) is 5.25 Å². The fourth-order valence-electron chi connectivity index (χ4n) is 2.19. The summed E-state index contributed by atoms with van der Waals surface area (Å²) in [5.74, 6) is 0.784. The van der Waals surface area contributed by atoms with E-state index in [0.717, 1.165) is 13.0 Å². The Morgan fingerprint density at radius 2 is 2.26 bits per heavy atom. The fourth-order valence-corrected chi connectivity index (χ4v) is 2.67. The van der Waals surface area contributed by atoms with Crippen LogP contribution in [0.3, 0.4) is 0 Å². The summed E-state index contributed by atoms with van der Waals surface area (Å²) in [6.45, 7) is 2.65. The van der Waals surface area contributed by atoms with Gasteiger partial charge in [0, 0.05) is 18.7 Å². The quantitative estimate of drug-likeness (QED) is 0.877. The number of aromatic nitrogens is 2. The normalized spacial score (nSPS) is 22.3. The molecule has 2 unspecified atom stereocenters. The van der Waals surface area contributed by atoms with Crippen LogP contribution in [-0.4, -0.2) is 37.4 Å². The van der Waals surface area contributed by atoms with Crippen LogP contribution in [0.1, 0.15) is 49.6 Å². The van der Waals surface area contributed by atoms with E-state index >= 15 is 0 Å². The summed E-state index contributed by atoms with van der Waals surface area (Å²) >= 11 is 0. The van der Waals surface area contributed by atoms with E-state index in [1.54, 1.807) is 6.92 Å². The maximum Gasteiger partial charge on any atom is 0.226 e. The molecule has 1 aromatic rings. The van der Waals surface area contributed by atoms with Crippen molar-refractivity contribution in [1.29, 1.82) is 0 Å². The number of sulfone groups is 1. The molecule has 2 heterocycles. The lowest BCUT2D eigenvalue weighted by atomic mass is 10.0. The Kier molecular flexibility index (Phi) is 4.57. The third-order valence-electron chi connectivity index (χ3n) is 3.61. The van der Waals surface area contributed by atoms with Crippen LogP contribution in [0.2, 0.25) is 0 Å². The van der Waals surface area contributed by atoms with Crippen molar-refractivity contribution in [3.8, 4) is 0 Å². The zero-order valence-corrected chi connectivity index (χ0v) is 12.2. The van der Waals surface area contributed by atoms with E-state index in [9.17, 15) is 8.42 Å². The minimum atomic E-state index is -3.18. The molecule has 2 rings (SSSR count). The number of hydrogen-bond donors (Lipinski definition) is 1. The number of aryl methyl sites for hydroxylation is 1. The van der Waals surface area contributed by atoms with Gasteiger partial charge in [-0.15, -0.1) is 0 Å². The molecule has 1 N–H and O–H groups in total. The maximum absolute atomic E-state index is 11.4. The molecule has 0 bridgehead atoms. The smallest absolute Gasteiger partial charge is 0.226 e. The number of nitrogens with one attached hydrogen (secondary N) is 1. The molecule has 1 aliphatic rings. The molecule has 1 aliphatic heterocycles. The standard InChI is InChI=1S/C12H21N3O3S/c1-9(19(2,16)17)12-14-11(18-15-12)7-6-10-5-3-4-8-13-10/h9-10,13H,3-8H2,1-2H3. The first-order valence-electron chi connectivity index (χ1n) is 6.71. The van der Waals surface area contributed by atoms with E-state index < -0.39 is 15.1 Å². The fraction of sp³-hybridized carbons (Fsp3) is 0.833. The van der Waals surface area contributed by atoms with Gasteiger partial charge in [0.25, 0.3) is 0 Å². The largest absolute Gasteiger partial charge is 0.339 e. The highest BCUT2D eigenvalue weighted by Crippen LogP contribution is 2.18. The average molecular weight is 287 g/mol. The zero-order chi connectivity index (χ0) is 13.9. The lowest BCUT2D eigenvalue weighted by Gasteiger charge is -2.22. The van der Waals surface area contributed by atoms with E-state index in [4.69, 9.17) is 4.52 Å². The molecule has 0 aromatic carbocycles. The summed E-state index contributed by atoms with van der Waals surface area (Å²) in [5, 5.41) is 6.51. The van der Waals surface area contributed by atoms with E-state index in [2.05, 4.69) is 15.5 Å².